The number of aromatic nitrogens is 1. The van der Waals surface area contributed by atoms with Crippen LogP contribution in [-0.2, 0) is 6.42 Å². The molecule has 1 atom stereocenters. The molecule has 1 N–H and O–H groups in total. The summed E-state index contributed by atoms with van der Waals surface area (Å²) in [6.07, 6.45) is 3.52. The molecule has 0 aliphatic rings. The lowest BCUT2D eigenvalue weighted by Crippen LogP contribution is -2.23. The van der Waals surface area contributed by atoms with E-state index in [-0.39, 0.29) is 11.9 Å². The first kappa shape index (κ1) is 15.4. The van der Waals surface area contributed by atoms with Crippen LogP contribution in [0.25, 0.3) is 0 Å². The van der Waals surface area contributed by atoms with Crippen molar-refractivity contribution in [3.63, 3.8) is 0 Å². The molecule has 0 saturated carbocycles. The lowest BCUT2D eigenvalue weighted by molar-refractivity contribution is 0.518. The second kappa shape index (κ2) is 7.16. The number of hydrogen-bond donors (Lipinski definition) is 1. The van der Waals surface area contributed by atoms with E-state index in [1.165, 1.54) is 6.07 Å². The molecule has 1 heterocycles. The molecule has 20 heavy (non-hydrogen) atoms. The molecule has 2 nitrogen and oxygen atoms in total. The van der Waals surface area contributed by atoms with E-state index in [2.05, 4.69) is 17.2 Å². The fourth-order valence-electron chi connectivity index (χ4n) is 2.04. The SMILES string of the molecule is CCCNC(Cc1ccc(Cl)cc1F)c1cnc(C)s1. The Morgan fingerprint density at radius 1 is 1.45 bits per heavy atom. The first-order valence-corrected chi connectivity index (χ1v) is 7.89. The molecule has 108 valence electrons. The smallest absolute Gasteiger partial charge is 0.127 e. The van der Waals surface area contributed by atoms with Gasteiger partial charge in [-0.2, -0.15) is 0 Å². The van der Waals surface area contributed by atoms with Gasteiger partial charge in [0.05, 0.1) is 5.01 Å². The van der Waals surface area contributed by atoms with Gasteiger partial charge in [-0.15, -0.1) is 11.3 Å². The molecule has 2 rings (SSSR count). The van der Waals surface area contributed by atoms with E-state index in [0.717, 1.165) is 22.9 Å². The van der Waals surface area contributed by atoms with Crippen LogP contribution in [0.1, 0.15) is 34.8 Å². The van der Waals surface area contributed by atoms with E-state index in [4.69, 9.17) is 11.6 Å². The zero-order chi connectivity index (χ0) is 14.5. The van der Waals surface area contributed by atoms with Gasteiger partial charge in [-0.3, -0.25) is 0 Å². The van der Waals surface area contributed by atoms with Crippen LogP contribution in [0.5, 0.6) is 0 Å². The van der Waals surface area contributed by atoms with E-state index in [0.29, 0.717) is 17.0 Å². The standard InChI is InChI=1S/C15H18ClFN2S/c1-3-6-18-14(15-9-19-10(2)20-15)7-11-4-5-12(16)8-13(11)17/h4-5,8-9,14,18H,3,6-7H2,1-2H3. The molecule has 0 spiro atoms. The van der Waals surface area contributed by atoms with Gasteiger partial charge in [-0.25, -0.2) is 9.37 Å². The maximum absolute atomic E-state index is 13.9. The van der Waals surface area contributed by atoms with Crippen molar-refractivity contribution in [3.05, 3.63) is 50.7 Å². The Morgan fingerprint density at radius 2 is 2.25 bits per heavy atom. The molecule has 1 unspecified atom stereocenters. The Balaban J connectivity index is 2.18. The van der Waals surface area contributed by atoms with Crippen LogP contribution in [0.15, 0.2) is 24.4 Å². The minimum absolute atomic E-state index is 0.0943. The summed E-state index contributed by atoms with van der Waals surface area (Å²) in [4.78, 5) is 5.43. The van der Waals surface area contributed by atoms with Crippen molar-refractivity contribution in [2.24, 2.45) is 0 Å². The Morgan fingerprint density at radius 3 is 2.85 bits per heavy atom. The summed E-state index contributed by atoms with van der Waals surface area (Å²) in [5, 5.41) is 4.92. The van der Waals surface area contributed by atoms with Gasteiger partial charge in [0, 0.05) is 22.1 Å². The normalized spacial score (nSPS) is 12.6. The Labute approximate surface area is 128 Å². The minimum Gasteiger partial charge on any atom is -0.309 e. The topological polar surface area (TPSA) is 24.9 Å². The van der Waals surface area contributed by atoms with E-state index in [1.54, 1.807) is 23.5 Å². The summed E-state index contributed by atoms with van der Waals surface area (Å²) in [7, 11) is 0. The highest BCUT2D eigenvalue weighted by molar-refractivity contribution is 7.11. The van der Waals surface area contributed by atoms with E-state index in [1.807, 2.05) is 13.1 Å². The zero-order valence-corrected chi connectivity index (χ0v) is 13.2. The predicted molar refractivity (Wildman–Crippen MR) is 83.0 cm³/mol. The number of benzene rings is 1. The number of hydrogen-bond acceptors (Lipinski definition) is 3. The van der Waals surface area contributed by atoms with Crippen LogP contribution in [0.4, 0.5) is 4.39 Å². The number of thiazole rings is 1. The van der Waals surface area contributed by atoms with E-state index in [9.17, 15) is 4.39 Å². The van der Waals surface area contributed by atoms with Crippen molar-refractivity contribution in [1.82, 2.24) is 10.3 Å². The summed E-state index contributed by atoms with van der Waals surface area (Å²) < 4.78 is 13.9. The predicted octanol–water partition coefficient (Wildman–Crippen LogP) is 4.53. The van der Waals surface area contributed by atoms with Gasteiger partial charge < -0.3 is 5.32 Å². The molecule has 0 radical (unpaired) electrons. The number of nitrogens with zero attached hydrogens (tertiary/aromatic N) is 1. The van der Waals surface area contributed by atoms with Crippen molar-refractivity contribution in [3.8, 4) is 0 Å². The number of halogens is 2. The Kier molecular flexibility index (Phi) is 5.52. The summed E-state index contributed by atoms with van der Waals surface area (Å²) in [6, 6.07) is 4.95. The quantitative estimate of drug-likeness (QED) is 0.848. The Bertz CT molecular complexity index is 571. The monoisotopic (exact) mass is 312 g/mol. The summed E-state index contributed by atoms with van der Waals surface area (Å²) in [6.45, 7) is 5.00. The molecule has 1 aromatic carbocycles. The van der Waals surface area contributed by atoms with Crippen LogP contribution in [0.3, 0.4) is 0 Å². The third-order valence-electron chi connectivity index (χ3n) is 3.06. The first-order valence-electron chi connectivity index (χ1n) is 6.69. The highest BCUT2D eigenvalue weighted by atomic mass is 35.5. The summed E-state index contributed by atoms with van der Waals surface area (Å²) in [5.41, 5.74) is 0.675. The first-order chi connectivity index (χ1) is 9.60. The molecule has 0 aliphatic heterocycles. The van der Waals surface area contributed by atoms with Crippen molar-refractivity contribution >= 4 is 22.9 Å². The summed E-state index contributed by atoms with van der Waals surface area (Å²) >= 11 is 7.45. The molecule has 2 aromatic rings. The lowest BCUT2D eigenvalue weighted by atomic mass is 10.0. The van der Waals surface area contributed by atoms with Crippen LogP contribution >= 0.6 is 22.9 Å². The molecule has 0 amide bonds. The second-order valence-corrected chi connectivity index (χ2v) is 6.43. The summed E-state index contributed by atoms with van der Waals surface area (Å²) in [5.74, 6) is -0.248. The fraction of sp³-hybridized carbons (Fsp3) is 0.400. The van der Waals surface area contributed by atoms with Gasteiger partial charge in [0.15, 0.2) is 0 Å². The number of rotatable bonds is 6. The third-order valence-corrected chi connectivity index (χ3v) is 4.32. The molecule has 0 bridgehead atoms. The van der Waals surface area contributed by atoms with Gasteiger partial charge in [0.2, 0.25) is 0 Å². The van der Waals surface area contributed by atoms with Crippen LogP contribution < -0.4 is 5.32 Å². The average molecular weight is 313 g/mol. The zero-order valence-electron chi connectivity index (χ0n) is 11.6. The van der Waals surface area contributed by atoms with Gasteiger partial charge in [0.1, 0.15) is 5.82 Å². The maximum atomic E-state index is 13.9. The molecule has 5 heteroatoms. The molecular weight excluding hydrogens is 295 g/mol. The number of nitrogens with one attached hydrogen (secondary N) is 1. The molecule has 1 aromatic heterocycles. The van der Waals surface area contributed by atoms with Gasteiger partial charge in [-0.05, 0) is 44.0 Å². The molecule has 0 fully saturated rings. The average Bonchev–Trinajstić information content (AvgIpc) is 2.83. The van der Waals surface area contributed by atoms with Crippen molar-refractivity contribution in [1.29, 1.82) is 0 Å². The largest absolute Gasteiger partial charge is 0.309 e. The van der Waals surface area contributed by atoms with Crippen molar-refractivity contribution in [2.45, 2.75) is 32.7 Å². The minimum atomic E-state index is -0.248. The van der Waals surface area contributed by atoms with Gasteiger partial charge in [0.25, 0.3) is 0 Å². The number of aryl methyl sites for hydroxylation is 1. The molecular formula is C15H18ClFN2S. The lowest BCUT2D eigenvalue weighted by Gasteiger charge is -2.17. The second-order valence-electron chi connectivity index (χ2n) is 4.73. The van der Waals surface area contributed by atoms with Crippen LogP contribution in [0.2, 0.25) is 5.02 Å². The third kappa shape index (κ3) is 4.01. The van der Waals surface area contributed by atoms with E-state index < -0.39 is 0 Å². The van der Waals surface area contributed by atoms with Gasteiger partial charge in [-0.1, -0.05) is 24.6 Å². The van der Waals surface area contributed by atoms with Crippen molar-refractivity contribution < 1.29 is 4.39 Å². The molecule has 0 aliphatic carbocycles. The molecule has 0 saturated heterocycles. The van der Waals surface area contributed by atoms with Crippen molar-refractivity contribution in [2.75, 3.05) is 6.54 Å². The highest BCUT2D eigenvalue weighted by Crippen LogP contribution is 2.26. The Hall–Kier alpha value is -0.970. The van der Waals surface area contributed by atoms with E-state index >= 15 is 0 Å². The highest BCUT2D eigenvalue weighted by Gasteiger charge is 2.16. The van der Waals surface area contributed by atoms with Crippen LogP contribution in [0, 0.1) is 12.7 Å². The maximum Gasteiger partial charge on any atom is 0.127 e. The van der Waals surface area contributed by atoms with Crippen LogP contribution in [-0.4, -0.2) is 11.5 Å². The fourth-order valence-corrected chi connectivity index (χ4v) is 3.06. The van der Waals surface area contributed by atoms with Gasteiger partial charge >= 0.3 is 0 Å².